The fourth-order valence-electron chi connectivity index (χ4n) is 1.81. The summed E-state index contributed by atoms with van der Waals surface area (Å²) in [6.07, 6.45) is 2.53. The predicted octanol–water partition coefficient (Wildman–Crippen LogP) is 1.92. The van der Waals surface area contributed by atoms with Gasteiger partial charge in [0.25, 0.3) is 5.91 Å². The second-order valence-electron chi connectivity index (χ2n) is 4.82. The topological polar surface area (TPSA) is 89.3 Å². The van der Waals surface area contributed by atoms with Crippen LogP contribution in [0.25, 0.3) is 0 Å². The first-order valence-electron chi connectivity index (χ1n) is 6.49. The zero-order valence-corrected chi connectivity index (χ0v) is 12.6. The molecule has 1 aromatic rings. The Kier molecular flexibility index (Phi) is 5.79. The molecule has 0 heterocycles. The van der Waals surface area contributed by atoms with E-state index in [1.54, 1.807) is 6.92 Å². The van der Waals surface area contributed by atoms with Gasteiger partial charge in [-0.3, -0.25) is 4.79 Å². The highest BCUT2D eigenvalue weighted by Gasteiger charge is 2.22. The molecule has 0 bridgehead atoms. The molecule has 3 N–H and O–H groups in total. The first-order chi connectivity index (χ1) is 9.66. The third kappa shape index (κ3) is 4.75. The number of unbranched alkanes of at least 4 members (excludes halogenated alkanes) is 1. The molecule has 21 heavy (non-hydrogen) atoms. The summed E-state index contributed by atoms with van der Waals surface area (Å²) in [4.78, 5) is 11.0. The van der Waals surface area contributed by atoms with E-state index in [4.69, 9.17) is 5.14 Å². The first-order valence-corrected chi connectivity index (χ1v) is 8.04. The monoisotopic (exact) mass is 320 g/mol. The Labute approximate surface area is 122 Å². The second-order valence-corrected chi connectivity index (χ2v) is 6.35. The zero-order chi connectivity index (χ0) is 16.2. The molecule has 0 spiro atoms. The Bertz CT molecular complexity index is 633. The summed E-state index contributed by atoms with van der Waals surface area (Å²) in [5.41, 5.74) is -0.552. The van der Waals surface area contributed by atoms with Gasteiger partial charge >= 0.3 is 0 Å². The van der Waals surface area contributed by atoms with E-state index in [0.717, 1.165) is 12.8 Å². The highest BCUT2D eigenvalue weighted by Crippen LogP contribution is 2.18. The largest absolute Gasteiger partial charge is 0.349 e. The fraction of sp³-hybridized carbons (Fsp3) is 0.462. The van der Waals surface area contributed by atoms with Gasteiger partial charge in [0.1, 0.15) is 16.5 Å². The van der Waals surface area contributed by atoms with Gasteiger partial charge in [0.05, 0.1) is 5.56 Å². The van der Waals surface area contributed by atoms with Crippen LogP contribution in [0.2, 0.25) is 0 Å². The molecule has 118 valence electrons. The van der Waals surface area contributed by atoms with Crippen molar-refractivity contribution in [1.82, 2.24) is 5.32 Å². The maximum Gasteiger partial charge on any atom is 0.254 e. The third-order valence-corrected chi connectivity index (χ3v) is 3.87. The van der Waals surface area contributed by atoms with E-state index in [9.17, 15) is 22.0 Å². The van der Waals surface area contributed by atoms with Gasteiger partial charge in [-0.05, 0) is 19.4 Å². The van der Waals surface area contributed by atoms with E-state index >= 15 is 0 Å². The van der Waals surface area contributed by atoms with E-state index in [0.29, 0.717) is 18.6 Å². The summed E-state index contributed by atoms with van der Waals surface area (Å²) >= 11 is 0. The van der Waals surface area contributed by atoms with Crippen LogP contribution in [0.4, 0.5) is 8.78 Å². The minimum absolute atomic E-state index is 0.208. The lowest BCUT2D eigenvalue weighted by molar-refractivity contribution is 0.0933. The number of rotatable bonds is 6. The minimum atomic E-state index is -4.37. The van der Waals surface area contributed by atoms with Crippen LogP contribution in [0, 0.1) is 11.6 Å². The lowest BCUT2D eigenvalue weighted by Gasteiger charge is -2.14. The molecule has 0 radical (unpaired) electrons. The van der Waals surface area contributed by atoms with Crippen molar-refractivity contribution < 1.29 is 22.0 Å². The smallest absolute Gasteiger partial charge is 0.254 e. The van der Waals surface area contributed by atoms with Crippen molar-refractivity contribution in [3.05, 3.63) is 29.3 Å². The molecule has 5 nitrogen and oxygen atoms in total. The van der Waals surface area contributed by atoms with E-state index < -0.39 is 38.0 Å². The van der Waals surface area contributed by atoms with Gasteiger partial charge in [-0.15, -0.1) is 0 Å². The van der Waals surface area contributed by atoms with Crippen LogP contribution < -0.4 is 10.5 Å². The number of amides is 1. The molecule has 0 aliphatic rings. The summed E-state index contributed by atoms with van der Waals surface area (Å²) in [5, 5.41) is 7.35. The van der Waals surface area contributed by atoms with E-state index in [-0.39, 0.29) is 6.04 Å². The molecule has 1 unspecified atom stereocenters. The van der Waals surface area contributed by atoms with E-state index in [1.165, 1.54) is 0 Å². The Morgan fingerprint density at radius 2 is 1.95 bits per heavy atom. The summed E-state index contributed by atoms with van der Waals surface area (Å²) in [7, 11) is -4.37. The Hall–Kier alpha value is -1.54. The SMILES string of the molecule is CCCCC(C)NC(=O)c1cc(S(N)(=O)=O)c(F)cc1F. The summed E-state index contributed by atoms with van der Waals surface area (Å²) in [6.45, 7) is 3.74. The van der Waals surface area contributed by atoms with Gasteiger partial charge in [-0.1, -0.05) is 19.8 Å². The molecule has 0 fully saturated rings. The van der Waals surface area contributed by atoms with Gasteiger partial charge in [0, 0.05) is 12.1 Å². The molecule has 8 heteroatoms. The molecular formula is C13H18F2N2O3S. The molecule has 0 saturated heterocycles. The highest BCUT2D eigenvalue weighted by molar-refractivity contribution is 7.89. The van der Waals surface area contributed by atoms with Crippen molar-refractivity contribution >= 4 is 15.9 Å². The number of hydrogen-bond acceptors (Lipinski definition) is 3. The lowest BCUT2D eigenvalue weighted by Crippen LogP contribution is -2.33. The van der Waals surface area contributed by atoms with Crippen LogP contribution >= 0.6 is 0 Å². The van der Waals surface area contributed by atoms with Gasteiger partial charge in [-0.25, -0.2) is 22.3 Å². The maximum atomic E-state index is 13.6. The molecule has 1 amide bonds. The lowest BCUT2D eigenvalue weighted by atomic mass is 10.1. The molecule has 0 aliphatic carbocycles. The average molecular weight is 320 g/mol. The Morgan fingerprint density at radius 3 is 2.48 bits per heavy atom. The standard InChI is InChI=1S/C13H18F2N2O3S/c1-3-4-5-8(2)17-13(18)9-6-12(21(16,19)20)11(15)7-10(9)14/h6-8H,3-5H2,1-2H3,(H,17,18)(H2,16,19,20). The van der Waals surface area contributed by atoms with Crippen molar-refractivity contribution in [1.29, 1.82) is 0 Å². The van der Waals surface area contributed by atoms with Crippen LogP contribution in [-0.2, 0) is 10.0 Å². The zero-order valence-electron chi connectivity index (χ0n) is 11.8. The Balaban J connectivity index is 3.05. The van der Waals surface area contributed by atoms with Crippen LogP contribution in [0.15, 0.2) is 17.0 Å². The number of primary sulfonamides is 1. The molecule has 0 aliphatic heterocycles. The van der Waals surface area contributed by atoms with Crippen molar-refractivity contribution in [3.8, 4) is 0 Å². The Morgan fingerprint density at radius 1 is 1.33 bits per heavy atom. The number of carbonyl (C=O) groups excluding carboxylic acids is 1. The molecule has 1 rings (SSSR count). The second kappa shape index (κ2) is 6.95. The predicted molar refractivity (Wildman–Crippen MR) is 74.2 cm³/mol. The van der Waals surface area contributed by atoms with E-state index in [1.807, 2.05) is 6.92 Å². The van der Waals surface area contributed by atoms with Gasteiger partial charge in [0.15, 0.2) is 0 Å². The maximum absolute atomic E-state index is 13.6. The number of halogens is 2. The van der Waals surface area contributed by atoms with Crippen LogP contribution in [0.1, 0.15) is 43.5 Å². The summed E-state index contributed by atoms with van der Waals surface area (Å²) in [6, 6.07) is 0.743. The number of nitrogens with one attached hydrogen (secondary N) is 1. The van der Waals surface area contributed by atoms with Crippen molar-refractivity contribution in [2.75, 3.05) is 0 Å². The van der Waals surface area contributed by atoms with Crippen molar-refractivity contribution in [3.63, 3.8) is 0 Å². The number of nitrogens with two attached hydrogens (primary N) is 1. The van der Waals surface area contributed by atoms with Crippen LogP contribution in [-0.4, -0.2) is 20.4 Å². The normalized spacial score (nSPS) is 13.0. The quantitative estimate of drug-likeness (QED) is 0.839. The molecular weight excluding hydrogens is 302 g/mol. The van der Waals surface area contributed by atoms with Gasteiger partial charge in [0.2, 0.25) is 10.0 Å². The van der Waals surface area contributed by atoms with Crippen molar-refractivity contribution in [2.24, 2.45) is 5.14 Å². The molecule has 1 atom stereocenters. The first kappa shape index (κ1) is 17.5. The number of hydrogen-bond donors (Lipinski definition) is 2. The van der Waals surface area contributed by atoms with Crippen LogP contribution in [0.3, 0.4) is 0 Å². The fourth-order valence-corrected chi connectivity index (χ4v) is 2.42. The number of benzene rings is 1. The number of sulfonamides is 1. The third-order valence-electron chi connectivity index (χ3n) is 2.94. The van der Waals surface area contributed by atoms with Crippen molar-refractivity contribution in [2.45, 2.75) is 44.0 Å². The molecule has 0 saturated carbocycles. The van der Waals surface area contributed by atoms with Gasteiger partial charge in [-0.2, -0.15) is 0 Å². The average Bonchev–Trinajstić information content (AvgIpc) is 2.34. The summed E-state index contributed by atoms with van der Waals surface area (Å²) < 4.78 is 49.4. The number of carbonyl (C=O) groups is 1. The van der Waals surface area contributed by atoms with E-state index in [2.05, 4.69) is 5.32 Å². The van der Waals surface area contributed by atoms with Crippen LogP contribution in [0.5, 0.6) is 0 Å². The summed E-state index contributed by atoms with van der Waals surface area (Å²) in [5.74, 6) is -3.27. The minimum Gasteiger partial charge on any atom is -0.349 e. The molecule has 0 aromatic heterocycles. The highest BCUT2D eigenvalue weighted by atomic mass is 32.2. The van der Waals surface area contributed by atoms with Gasteiger partial charge < -0.3 is 5.32 Å². The molecule has 1 aromatic carbocycles.